The van der Waals surface area contributed by atoms with E-state index in [9.17, 15) is 9.59 Å². The minimum Gasteiger partial charge on any atom is -0.459 e. The van der Waals surface area contributed by atoms with Gasteiger partial charge in [0.05, 0.1) is 12.0 Å². The fourth-order valence-corrected chi connectivity index (χ4v) is 2.17. The minimum absolute atomic E-state index is 0.00861. The van der Waals surface area contributed by atoms with Crippen LogP contribution in [-0.2, 0) is 0 Å². The Kier molecular flexibility index (Phi) is 4.15. The zero-order chi connectivity index (χ0) is 18.6. The van der Waals surface area contributed by atoms with Gasteiger partial charge in [-0.1, -0.05) is 0 Å². The SMILES string of the molecule is O=C(Nc1ccc(-n2cnnn2)cc1)c1coc(NC(=O)c2ccco2)n1. The average Bonchev–Trinajstić information content (AvgIpc) is 3.44. The normalized spacial score (nSPS) is 10.5. The van der Waals surface area contributed by atoms with E-state index in [-0.39, 0.29) is 17.5 Å². The van der Waals surface area contributed by atoms with Gasteiger partial charge in [-0.15, -0.1) is 5.10 Å². The molecule has 0 aliphatic carbocycles. The summed E-state index contributed by atoms with van der Waals surface area (Å²) < 4.78 is 11.5. The van der Waals surface area contributed by atoms with Crippen LogP contribution in [0.1, 0.15) is 21.0 Å². The van der Waals surface area contributed by atoms with Gasteiger partial charge in [0.15, 0.2) is 11.5 Å². The van der Waals surface area contributed by atoms with Gasteiger partial charge in [-0.2, -0.15) is 4.98 Å². The Morgan fingerprint density at radius 1 is 1.00 bits per heavy atom. The number of nitrogens with zero attached hydrogens (tertiary/aromatic N) is 5. The maximum Gasteiger partial charge on any atom is 0.302 e. The van der Waals surface area contributed by atoms with Crippen molar-refractivity contribution in [3.05, 3.63) is 66.7 Å². The van der Waals surface area contributed by atoms with Crippen molar-refractivity contribution < 1.29 is 18.4 Å². The van der Waals surface area contributed by atoms with Crippen LogP contribution in [0.4, 0.5) is 11.7 Å². The lowest BCUT2D eigenvalue weighted by molar-refractivity contribution is 0.0990. The molecule has 11 nitrogen and oxygen atoms in total. The van der Waals surface area contributed by atoms with Crippen molar-refractivity contribution in [2.75, 3.05) is 10.6 Å². The summed E-state index contributed by atoms with van der Waals surface area (Å²) in [6.45, 7) is 0. The Hall–Kier alpha value is -4.28. The maximum atomic E-state index is 12.3. The Morgan fingerprint density at radius 3 is 2.56 bits per heavy atom. The molecule has 3 aromatic heterocycles. The third kappa shape index (κ3) is 3.56. The number of aromatic nitrogens is 5. The molecule has 4 rings (SSSR count). The summed E-state index contributed by atoms with van der Waals surface area (Å²) >= 11 is 0. The fraction of sp³-hybridized carbons (Fsp3) is 0. The van der Waals surface area contributed by atoms with Gasteiger partial charge in [0, 0.05) is 5.69 Å². The van der Waals surface area contributed by atoms with E-state index in [0.717, 1.165) is 12.0 Å². The number of benzene rings is 1. The van der Waals surface area contributed by atoms with Gasteiger partial charge in [-0.25, -0.2) is 4.68 Å². The summed E-state index contributed by atoms with van der Waals surface area (Å²) in [6, 6.07) is 9.81. The molecule has 0 radical (unpaired) electrons. The molecule has 0 fully saturated rings. The maximum absolute atomic E-state index is 12.3. The van der Waals surface area contributed by atoms with E-state index in [1.54, 1.807) is 30.3 Å². The lowest BCUT2D eigenvalue weighted by Crippen LogP contribution is -2.14. The van der Waals surface area contributed by atoms with E-state index in [1.165, 1.54) is 23.3 Å². The zero-order valence-corrected chi connectivity index (χ0v) is 13.6. The van der Waals surface area contributed by atoms with Crippen LogP contribution < -0.4 is 10.6 Å². The number of anilines is 2. The van der Waals surface area contributed by atoms with Gasteiger partial charge in [-0.05, 0) is 46.8 Å². The highest BCUT2D eigenvalue weighted by atomic mass is 16.4. The number of carbonyl (C=O) groups excluding carboxylic acids is 2. The van der Waals surface area contributed by atoms with Crippen molar-refractivity contribution in [2.24, 2.45) is 0 Å². The van der Waals surface area contributed by atoms with Crippen LogP contribution in [0.25, 0.3) is 5.69 Å². The Bertz CT molecular complexity index is 1050. The molecule has 0 spiro atoms. The predicted octanol–water partition coefficient (Wildman–Crippen LogP) is 1.75. The standard InChI is InChI=1S/C16H11N7O4/c24-14(18-10-3-5-11(6-4-10)23-9-17-21-22-23)12-8-27-16(19-12)20-15(25)13-2-1-7-26-13/h1-9H,(H,18,24)(H,19,20,25). The van der Waals surface area contributed by atoms with Gasteiger partial charge in [0.2, 0.25) is 0 Å². The van der Waals surface area contributed by atoms with E-state index in [4.69, 9.17) is 8.83 Å². The lowest BCUT2D eigenvalue weighted by Gasteiger charge is -2.04. The van der Waals surface area contributed by atoms with Crippen molar-refractivity contribution in [3.8, 4) is 5.69 Å². The van der Waals surface area contributed by atoms with Crippen LogP contribution in [0.15, 0.2) is 64.1 Å². The summed E-state index contributed by atoms with van der Waals surface area (Å²) in [5.41, 5.74) is 1.29. The van der Waals surface area contributed by atoms with E-state index in [1.807, 2.05) is 0 Å². The number of furan rings is 1. The first-order valence-electron chi connectivity index (χ1n) is 7.64. The molecule has 1 aromatic carbocycles. The number of rotatable bonds is 5. The second-order valence-electron chi connectivity index (χ2n) is 5.22. The average molecular weight is 365 g/mol. The van der Waals surface area contributed by atoms with E-state index < -0.39 is 11.8 Å². The summed E-state index contributed by atoms with van der Waals surface area (Å²) in [5, 5.41) is 16.0. The summed E-state index contributed by atoms with van der Waals surface area (Å²) in [5.74, 6) is -0.929. The minimum atomic E-state index is -0.535. The first-order chi connectivity index (χ1) is 13.2. The fourth-order valence-electron chi connectivity index (χ4n) is 2.17. The van der Waals surface area contributed by atoms with E-state index >= 15 is 0 Å². The molecular formula is C16H11N7O4. The lowest BCUT2D eigenvalue weighted by atomic mass is 10.2. The van der Waals surface area contributed by atoms with Crippen molar-refractivity contribution >= 4 is 23.5 Å². The van der Waals surface area contributed by atoms with Gasteiger partial charge >= 0.3 is 6.01 Å². The van der Waals surface area contributed by atoms with Crippen LogP contribution in [-0.4, -0.2) is 37.0 Å². The van der Waals surface area contributed by atoms with Gasteiger partial charge in [0.25, 0.3) is 11.8 Å². The molecule has 134 valence electrons. The largest absolute Gasteiger partial charge is 0.459 e. The van der Waals surface area contributed by atoms with Crippen molar-refractivity contribution in [1.82, 2.24) is 25.2 Å². The molecule has 0 aliphatic heterocycles. The van der Waals surface area contributed by atoms with E-state index in [2.05, 4.69) is 31.1 Å². The second kappa shape index (κ2) is 6.92. The van der Waals surface area contributed by atoms with E-state index in [0.29, 0.717) is 5.69 Å². The van der Waals surface area contributed by atoms with Gasteiger partial charge in [0.1, 0.15) is 12.6 Å². The number of carbonyl (C=O) groups is 2. The Morgan fingerprint density at radius 2 is 1.85 bits per heavy atom. The molecule has 2 N–H and O–H groups in total. The highest BCUT2D eigenvalue weighted by Gasteiger charge is 2.16. The molecule has 27 heavy (non-hydrogen) atoms. The number of nitrogens with one attached hydrogen (secondary N) is 2. The Labute approximate surface area is 151 Å². The summed E-state index contributed by atoms with van der Waals surface area (Å²) in [7, 11) is 0. The summed E-state index contributed by atoms with van der Waals surface area (Å²) in [4.78, 5) is 28.0. The van der Waals surface area contributed by atoms with Crippen molar-refractivity contribution in [3.63, 3.8) is 0 Å². The smallest absolute Gasteiger partial charge is 0.302 e. The predicted molar refractivity (Wildman–Crippen MR) is 90.3 cm³/mol. The number of hydrogen-bond acceptors (Lipinski definition) is 8. The second-order valence-corrected chi connectivity index (χ2v) is 5.22. The molecule has 3 heterocycles. The molecule has 2 amide bonds. The molecule has 4 aromatic rings. The van der Waals surface area contributed by atoms with Gasteiger partial charge < -0.3 is 14.2 Å². The Balaban J connectivity index is 1.40. The van der Waals surface area contributed by atoms with Crippen molar-refractivity contribution in [2.45, 2.75) is 0 Å². The number of oxazole rings is 1. The van der Waals surface area contributed by atoms with Crippen LogP contribution in [0.2, 0.25) is 0 Å². The number of hydrogen-bond donors (Lipinski definition) is 2. The highest BCUT2D eigenvalue weighted by Crippen LogP contribution is 2.15. The molecule has 0 aliphatic rings. The van der Waals surface area contributed by atoms with Crippen LogP contribution in [0.5, 0.6) is 0 Å². The van der Waals surface area contributed by atoms with Crippen LogP contribution in [0, 0.1) is 0 Å². The molecular weight excluding hydrogens is 354 g/mol. The number of tetrazole rings is 1. The van der Waals surface area contributed by atoms with Crippen LogP contribution >= 0.6 is 0 Å². The van der Waals surface area contributed by atoms with Crippen molar-refractivity contribution in [1.29, 1.82) is 0 Å². The van der Waals surface area contributed by atoms with Crippen LogP contribution in [0.3, 0.4) is 0 Å². The first-order valence-corrected chi connectivity index (χ1v) is 7.64. The first kappa shape index (κ1) is 16.2. The summed E-state index contributed by atoms with van der Waals surface area (Å²) in [6.07, 6.45) is 3.97. The third-order valence-electron chi connectivity index (χ3n) is 3.44. The molecule has 0 unspecified atom stereocenters. The van der Waals surface area contributed by atoms with Gasteiger partial charge in [-0.3, -0.25) is 14.9 Å². The monoisotopic (exact) mass is 365 g/mol. The quantitative estimate of drug-likeness (QED) is 0.545. The molecule has 0 saturated carbocycles. The molecule has 0 atom stereocenters. The molecule has 11 heteroatoms. The highest BCUT2D eigenvalue weighted by molar-refractivity contribution is 6.04. The third-order valence-corrected chi connectivity index (χ3v) is 3.44. The zero-order valence-electron chi connectivity index (χ0n) is 13.6. The molecule has 0 bridgehead atoms. The topological polar surface area (TPSA) is 141 Å². The number of amides is 2. The molecule has 0 saturated heterocycles.